The molecule has 0 saturated carbocycles. The molecule has 0 heterocycles. The number of rotatable bonds is 3. The predicted molar refractivity (Wildman–Crippen MR) is 93.7 cm³/mol. The van der Waals surface area contributed by atoms with Crippen LogP contribution in [0.3, 0.4) is 0 Å². The molecule has 0 fully saturated rings. The van der Waals surface area contributed by atoms with Crippen molar-refractivity contribution in [3.63, 3.8) is 0 Å². The number of nitrogens with zero attached hydrogens (tertiary/aromatic N) is 1. The highest BCUT2D eigenvalue weighted by Gasteiger charge is 2.15. The minimum atomic E-state index is -0.389. The Morgan fingerprint density at radius 1 is 0.826 bits per heavy atom. The lowest BCUT2D eigenvalue weighted by Crippen LogP contribution is -1.92. The zero-order chi connectivity index (χ0) is 16.4. The summed E-state index contributed by atoms with van der Waals surface area (Å²) in [6.45, 7) is 2.05. The van der Waals surface area contributed by atoms with Gasteiger partial charge in [-0.05, 0) is 35.7 Å². The standard InChI is InChI=1S/C19H14ClNO2/c1-13-2-4-14(5-3-13)15-6-8-16(9-7-15)18-12-17(20)10-11-19(18)21(22)23/h2-12H,1H3. The number of benzene rings is 3. The number of aryl methyl sites for hydroxylation is 1. The molecule has 4 heteroatoms. The fourth-order valence-electron chi connectivity index (χ4n) is 2.49. The van der Waals surface area contributed by atoms with Crippen LogP contribution in [0.5, 0.6) is 0 Å². The third kappa shape index (κ3) is 3.25. The predicted octanol–water partition coefficient (Wildman–Crippen LogP) is 5.89. The molecule has 3 aromatic carbocycles. The van der Waals surface area contributed by atoms with Gasteiger partial charge in [-0.3, -0.25) is 10.1 Å². The van der Waals surface area contributed by atoms with Crippen LogP contribution in [0.2, 0.25) is 5.02 Å². The van der Waals surface area contributed by atoms with Crippen LogP contribution in [0.1, 0.15) is 5.56 Å². The van der Waals surface area contributed by atoms with Gasteiger partial charge in [0.2, 0.25) is 0 Å². The highest BCUT2D eigenvalue weighted by Crippen LogP contribution is 2.33. The molecule has 23 heavy (non-hydrogen) atoms. The number of hydrogen-bond acceptors (Lipinski definition) is 2. The van der Waals surface area contributed by atoms with E-state index in [1.807, 2.05) is 31.2 Å². The molecule has 3 nitrogen and oxygen atoms in total. The Bertz CT molecular complexity index is 856. The first-order valence-corrected chi connectivity index (χ1v) is 7.54. The number of hydrogen-bond donors (Lipinski definition) is 0. The second-order valence-corrected chi connectivity index (χ2v) is 5.80. The van der Waals surface area contributed by atoms with E-state index in [1.54, 1.807) is 6.07 Å². The molecule has 0 atom stereocenters. The van der Waals surface area contributed by atoms with E-state index in [4.69, 9.17) is 11.6 Å². The van der Waals surface area contributed by atoms with E-state index in [0.717, 1.165) is 16.7 Å². The second-order valence-electron chi connectivity index (χ2n) is 5.36. The average molecular weight is 324 g/mol. The Labute approximate surface area is 139 Å². The first kappa shape index (κ1) is 15.3. The lowest BCUT2D eigenvalue weighted by molar-refractivity contribution is -0.384. The van der Waals surface area contributed by atoms with Crippen molar-refractivity contribution in [3.05, 3.63) is 87.4 Å². The summed E-state index contributed by atoms with van der Waals surface area (Å²) in [5, 5.41) is 11.7. The number of nitro benzene ring substituents is 1. The lowest BCUT2D eigenvalue weighted by atomic mass is 9.99. The van der Waals surface area contributed by atoms with E-state index < -0.39 is 0 Å². The minimum absolute atomic E-state index is 0.0532. The first-order valence-electron chi connectivity index (χ1n) is 7.16. The van der Waals surface area contributed by atoms with Gasteiger partial charge in [0.15, 0.2) is 0 Å². The quantitative estimate of drug-likeness (QED) is 0.445. The van der Waals surface area contributed by atoms with Gasteiger partial charge >= 0.3 is 0 Å². The van der Waals surface area contributed by atoms with Crippen LogP contribution in [-0.2, 0) is 0 Å². The van der Waals surface area contributed by atoms with Crippen molar-refractivity contribution in [2.75, 3.05) is 0 Å². The Kier molecular flexibility index (Phi) is 4.13. The number of halogens is 1. The fourth-order valence-corrected chi connectivity index (χ4v) is 2.66. The van der Waals surface area contributed by atoms with Gasteiger partial charge in [0.25, 0.3) is 5.69 Å². The molecule has 0 bridgehead atoms. The van der Waals surface area contributed by atoms with Gasteiger partial charge in [0, 0.05) is 11.1 Å². The van der Waals surface area contributed by atoms with Gasteiger partial charge < -0.3 is 0 Å². The maximum atomic E-state index is 11.2. The summed E-state index contributed by atoms with van der Waals surface area (Å²) < 4.78 is 0. The SMILES string of the molecule is Cc1ccc(-c2ccc(-c3cc(Cl)ccc3[N+](=O)[O-])cc2)cc1. The van der Waals surface area contributed by atoms with Crippen molar-refractivity contribution in [2.24, 2.45) is 0 Å². The minimum Gasteiger partial charge on any atom is -0.258 e. The fraction of sp³-hybridized carbons (Fsp3) is 0.0526. The van der Waals surface area contributed by atoms with Crippen molar-refractivity contribution < 1.29 is 4.92 Å². The monoisotopic (exact) mass is 323 g/mol. The van der Waals surface area contributed by atoms with Gasteiger partial charge in [0.1, 0.15) is 0 Å². The highest BCUT2D eigenvalue weighted by molar-refractivity contribution is 6.31. The largest absolute Gasteiger partial charge is 0.277 e. The van der Waals surface area contributed by atoms with Crippen molar-refractivity contribution in [3.8, 4) is 22.3 Å². The van der Waals surface area contributed by atoms with E-state index in [0.29, 0.717) is 10.6 Å². The van der Waals surface area contributed by atoms with Crippen LogP contribution in [-0.4, -0.2) is 4.92 Å². The molecule has 0 aromatic heterocycles. The average Bonchev–Trinajstić information content (AvgIpc) is 2.55. The highest BCUT2D eigenvalue weighted by atomic mass is 35.5. The van der Waals surface area contributed by atoms with Gasteiger partial charge in [0.05, 0.1) is 10.5 Å². The maximum absolute atomic E-state index is 11.2. The van der Waals surface area contributed by atoms with Crippen LogP contribution >= 0.6 is 11.6 Å². The molecular weight excluding hydrogens is 310 g/mol. The zero-order valence-corrected chi connectivity index (χ0v) is 13.2. The first-order chi connectivity index (χ1) is 11.0. The third-order valence-electron chi connectivity index (χ3n) is 3.74. The van der Waals surface area contributed by atoms with Crippen LogP contribution in [0.15, 0.2) is 66.7 Å². The Balaban J connectivity index is 2.01. The summed E-state index contributed by atoms with van der Waals surface area (Å²) in [4.78, 5) is 10.8. The topological polar surface area (TPSA) is 43.1 Å². The summed E-state index contributed by atoms with van der Waals surface area (Å²) in [6, 6.07) is 20.5. The lowest BCUT2D eigenvalue weighted by Gasteiger charge is -2.07. The molecule has 0 N–H and O–H groups in total. The molecule has 0 spiro atoms. The molecule has 0 aliphatic carbocycles. The Hall–Kier alpha value is -2.65. The molecule has 3 aromatic rings. The smallest absolute Gasteiger partial charge is 0.258 e. The van der Waals surface area contributed by atoms with Crippen LogP contribution < -0.4 is 0 Å². The Morgan fingerprint density at radius 3 is 1.91 bits per heavy atom. The van der Waals surface area contributed by atoms with Crippen molar-refractivity contribution in [1.29, 1.82) is 0 Å². The summed E-state index contributed by atoms with van der Waals surface area (Å²) in [5.41, 5.74) is 4.74. The summed E-state index contributed by atoms with van der Waals surface area (Å²) in [6.07, 6.45) is 0. The third-order valence-corrected chi connectivity index (χ3v) is 3.97. The van der Waals surface area contributed by atoms with Crippen molar-refractivity contribution in [2.45, 2.75) is 6.92 Å². The summed E-state index contributed by atoms with van der Waals surface area (Å²) in [5.74, 6) is 0. The van der Waals surface area contributed by atoms with Gasteiger partial charge in [-0.2, -0.15) is 0 Å². The van der Waals surface area contributed by atoms with Crippen LogP contribution in [0, 0.1) is 17.0 Å². The molecule has 114 valence electrons. The number of nitro groups is 1. The van der Waals surface area contributed by atoms with Gasteiger partial charge in [-0.1, -0.05) is 65.7 Å². The van der Waals surface area contributed by atoms with Gasteiger partial charge in [-0.25, -0.2) is 0 Å². The second kappa shape index (κ2) is 6.23. The van der Waals surface area contributed by atoms with E-state index >= 15 is 0 Å². The molecule has 0 aliphatic rings. The Morgan fingerprint density at radius 2 is 1.35 bits per heavy atom. The maximum Gasteiger partial charge on any atom is 0.277 e. The van der Waals surface area contributed by atoms with Crippen LogP contribution in [0.25, 0.3) is 22.3 Å². The summed E-state index contributed by atoms with van der Waals surface area (Å²) >= 11 is 5.99. The van der Waals surface area contributed by atoms with Crippen LogP contribution in [0.4, 0.5) is 5.69 Å². The zero-order valence-electron chi connectivity index (χ0n) is 12.5. The normalized spacial score (nSPS) is 10.5. The molecule has 0 radical (unpaired) electrons. The molecule has 0 saturated heterocycles. The molecule has 0 aliphatic heterocycles. The van der Waals surface area contributed by atoms with Crippen molar-refractivity contribution >= 4 is 17.3 Å². The molecule has 0 amide bonds. The molecule has 3 rings (SSSR count). The molecular formula is C19H14ClNO2. The van der Waals surface area contributed by atoms with E-state index in [1.165, 1.54) is 17.7 Å². The molecule has 0 unspecified atom stereocenters. The van der Waals surface area contributed by atoms with E-state index in [2.05, 4.69) is 24.3 Å². The summed E-state index contributed by atoms with van der Waals surface area (Å²) in [7, 11) is 0. The van der Waals surface area contributed by atoms with E-state index in [9.17, 15) is 10.1 Å². The van der Waals surface area contributed by atoms with Crippen molar-refractivity contribution in [1.82, 2.24) is 0 Å². The van der Waals surface area contributed by atoms with Gasteiger partial charge in [-0.15, -0.1) is 0 Å². The van der Waals surface area contributed by atoms with E-state index in [-0.39, 0.29) is 10.6 Å².